The summed E-state index contributed by atoms with van der Waals surface area (Å²) in [6, 6.07) is 7.34. The summed E-state index contributed by atoms with van der Waals surface area (Å²) in [6.07, 6.45) is 2.48. The topological polar surface area (TPSA) is 62.1 Å². The van der Waals surface area contributed by atoms with E-state index in [1.54, 1.807) is 12.1 Å². The second kappa shape index (κ2) is 5.71. The summed E-state index contributed by atoms with van der Waals surface area (Å²) < 4.78 is 0. The van der Waals surface area contributed by atoms with Gasteiger partial charge in [0, 0.05) is 17.1 Å². The van der Waals surface area contributed by atoms with Crippen LogP contribution in [0, 0.1) is 23.2 Å². The molecule has 1 aliphatic carbocycles. The molecular weight excluding hydrogens is 328 g/mol. The van der Waals surface area contributed by atoms with Gasteiger partial charge in [-0.05, 0) is 42.9 Å². The molecular formula is C18H17ClN2O3. The van der Waals surface area contributed by atoms with E-state index in [2.05, 4.69) is 17.0 Å². The van der Waals surface area contributed by atoms with Crippen LogP contribution < -0.4 is 0 Å². The Balaban J connectivity index is 1.64. The highest BCUT2D eigenvalue weighted by Crippen LogP contribution is 2.51. The van der Waals surface area contributed by atoms with E-state index in [0.717, 1.165) is 12.0 Å². The number of amides is 1. The van der Waals surface area contributed by atoms with Gasteiger partial charge in [-0.15, -0.1) is 0 Å². The van der Waals surface area contributed by atoms with E-state index in [1.165, 1.54) is 17.7 Å². The first-order valence-electron chi connectivity index (χ1n) is 8.10. The largest absolute Gasteiger partial charge is 0.465 e. The van der Waals surface area contributed by atoms with E-state index in [0.29, 0.717) is 29.6 Å². The zero-order chi connectivity index (χ0) is 16.7. The molecule has 0 bridgehead atoms. The number of carboxylic acid groups (broad SMARTS) is 1. The lowest BCUT2D eigenvalue weighted by Crippen LogP contribution is -2.43. The zero-order valence-electron chi connectivity index (χ0n) is 13.0. The van der Waals surface area contributed by atoms with Gasteiger partial charge in [0.2, 0.25) is 6.23 Å². The molecule has 3 aliphatic rings. The third kappa shape index (κ3) is 2.61. The van der Waals surface area contributed by atoms with Crippen LogP contribution >= 0.6 is 11.6 Å². The Hall–Kier alpha value is -2.19. The first kappa shape index (κ1) is 15.3. The van der Waals surface area contributed by atoms with Crippen molar-refractivity contribution in [3.63, 3.8) is 0 Å². The quantitative estimate of drug-likeness (QED) is 0.834. The first-order chi connectivity index (χ1) is 11.6. The average molecular weight is 345 g/mol. The van der Waals surface area contributed by atoms with Gasteiger partial charge in [-0.25, -0.2) is 4.79 Å². The third-order valence-electron chi connectivity index (χ3n) is 5.02. The number of likely N-dealkylation sites (tertiary alicyclic amines) is 1. The second-order valence-corrected chi connectivity index (χ2v) is 7.12. The van der Waals surface area contributed by atoms with E-state index in [1.807, 2.05) is 12.1 Å². The van der Waals surface area contributed by atoms with E-state index in [4.69, 9.17) is 16.4 Å². The summed E-state index contributed by atoms with van der Waals surface area (Å²) in [5.74, 6) is 6.84. The van der Waals surface area contributed by atoms with Gasteiger partial charge in [0.15, 0.2) is 0 Å². The highest BCUT2D eigenvalue weighted by molar-refractivity contribution is 6.30. The minimum atomic E-state index is -0.961. The van der Waals surface area contributed by atoms with Gasteiger partial charge in [-0.2, -0.15) is 0 Å². The Morgan fingerprint density at radius 1 is 1.46 bits per heavy atom. The number of fused-ring (bicyclic) bond motifs is 1. The van der Waals surface area contributed by atoms with E-state index >= 15 is 0 Å². The van der Waals surface area contributed by atoms with E-state index < -0.39 is 17.7 Å². The molecule has 24 heavy (non-hydrogen) atoms. The molecule has 2 aliphatic heterocycles. The van der Waals surface area contributed by atoms with Crippen LogP contribution in [0.1, 0.15) is 31.2 Å². The number of carbonyl (C=O) groups is 1. The van der Waals surface area contributed by atoms with Crippen molar-refractivity contribution in [1.29, 1.82) is 0 Å². The van der Waals surface area contributed by atoms with Gasteiger partial charge in [-0.1, -0.05) is 41.6 Å². The first-order valence-corrected chi connectivity index (χ1v) is 8.48. The zero-order valence-corrected chi connectivity index (χ0v) is 13.8. The van der Waals surface area contributed by atoms with Crippen molar-refractivity contribution in [3.8, 4) is 11.8 Å². The summed E-state index contributed by atoms with van der Waals surface area (Å²) in [7, 11) is 0. The number of nitrogens with zero attached hydrogens (tertiary/aromatic N) is 2. The molecule has 2 unspecified atom stereocenters. The number of halogens is 1. The fourth-order valence-electron chi connectivity index (χ4n) is 3.62. The van der Waals surface area contributed by atoms with Crippen molar-refractivity contribution in [2.75, 3.05) is 6.54 Å². The lowest BCUT2D eigenvalue weighted by Gasteiger charge is -2.28. The number of hydrogen-bond acceptors (Lipinski definition) is 3. The minimum Gasteiger partial charge on any atom is -0.465 e. The molecule has 1 aromatic carbocycles. The average Bonchev–Trinajstić information content (AvgIpc) is 3.16. The highest BCUT2D eigenvalue weighted by atomic mass is 35.5. The summed E-state index contributed by atoms with van der Waals surface area (Å²) in [4.78, 5) is 18.3. The monoisotopic (exact) mass is 344 g/mol. The molecule has 1 aromatic rings. The summed E-state index contributed by atoms with van der Waals surface area (Å²) in [5.41, 5.74) is 1.08. The van der Waals surface area contributed by atoms with Crippen molar-refractivity contribution in [2.45, 2.75) is 31.9 Å². The molecule has 4 rings (SSSR count). The Morgan fingerprint density at radius 3 is 3.00 bits per heavy atom. The predicted octanol–water partition coefficient (Wildman–Crippen LogP) is 3.57. The van der Waals surface area contributed by atoms with Crippen molar-refractivity contribution >= 4 is 23.4 Å². The summed E-state index contributed by atoms with van der Waals surface area (Å²) in [6.45, 7) is 0.463. The number of hydrogen-bond donors (Lipinski definition) is 1. The number of oxime groups is 1. The van der Waals surface area contributed by atoms with Crippen LogP contribution in [0.15, 0.2) is 29.4 Å². The maximum Gasteiger partial charge on any atom is 0.410 e. The highest BCUT2D eigenvalue weighted by Gasteiger charge is 2.59. The van der Waals surface area contributed by atoms with Crippen molar-refractivity contribution in [3.05, 3.63) is 34.9 Å². The van der Waals surface area contributed by atoms with Gasteiger partial charge in [0.05, 0.1) is 5.41 Å². The third-order valence-corrected chi connectivity index (χ3v) is 5.25. The number of rotatable bonds is 2. The lowest BCUT2D eigenvalue weighted by molar-refractivity contribution is -0.0435. The van der Waals surface area contributed by atoms with Crippen molar-refractivity contribution < 1.29 is 14.7 Å². The number of benzene rings is 1. The van der Waals surface area contributed by atoms with Crippen LogP contribution in [0.5, 0.6) is 0 Å². The standard InChI is InChI=1S/C18H17ClN2O3/c19-14-3-1-2-12(10-14)6-7-15-18(11-13-4-5-13)8-9-21(17(22)23)16(18)24-20-15/h1-3,10,13,16H,4-5,8-9,11H2,(H,22,23). The van der Waals surface area contributed by atoms with Gasteiger partial charge < -0.3 is 9.94 Å². The van der Waals surface area contributed by atoms with Gasteiger partial charge >= 0.3 is 6.09 Å². The Kier molecular flexibility index (Phi) is 3.65. The molecule has 2 heterocycles. The molecule has 0 aromatic heterocycles. The summed E-state index contributed by atoms with van der Waals surface area (Å²) >= 11 is 5.99. The maximum absolute atomic E-state index is 11.5. The van der Waals surface area contributed by atoms with Gasteiger partial charge in [0.1, 0.15) is 5.71 Å². The summed E-state index contributed by atoms with van der Waals surface area (Å²) in [5, 5.41) is 14.2. The van der Waals surface area contributed by atoms with Crippen LogP contribution in [0.25, 0.3) is 0 Å². The predicted molar refractivity (Wildman–Crippen MR) is 89.8 cm³/mol. The van der Waals surface area contributed by atoms with Crippen molar-refractivity contribution in [1.82, 2.24) is 4.90 Å². The molecule has 1 N–H and O–H groups in total. The van der Waals surface area contributed by atoms with Gasteiger partial charge in [-0.3, -0.25) is 4.90 Å². The fourth-order valence-corrected chi connectivity index (χ4v) is 3.81. The van der Waals surface area contributed by atoms with E-state index in [-0.39, 0.29) is 0 Å². The lowest BCUT2D eigenvalue weighted by atomic mass is 9.76. The Labute approximate surface area is 145 Å². The van der Waals surface area contributed by atoms with Crippen LogP contribution in [0.3, 0.4) is 0 Å². The molecule has 6 heteroatoms. The second-order valence-electron chi connectivity index (χ2n) is 6.69. The van der Waals surface area contributed by atoms with Crippen LogP contribution in [-0.4, -0.2) is 34.6 Å². The molecule has 1 amide bonds. The Morgan fingerprint density at radius 2 is 2.29 bits per heavy atom. The molecule has 2 fully saturated rings. The van der Waals surface area contributed by atoms with E-state index in [9.17, 15) is 9.90 Å². The molecule has 0 spiro atoms. The smallest absolute Gasteiger partial charge is 0.410 e. The molecule has 1 saturated heterocycles. The SMILES string of the molecule is O=C(O)N1CCC2(CC3CC3)C(C#Cc3cccc(Cl)c3)=NOC12. The van der Waals surface area contributed by atoms with Crippen LogP contribution in [-0.2, 0) is 4.84 Å². The molecule has 0 radical (unpaired) electrons. The fraction of sp³-hybridized carbons (Fsp3) is 0.444. The molecule has 2 atom stereocenters. The van der Waals surface area contributed by atoms with Gasteiger partial charge in [0.25, 0.3) is 0 Å². The molecule has 5 nitrogen and oxygen atoms in total. The normalized spacial score (nSPS) is 27.8. The van der Waals surface area contributed by atoms with Crippen molar-refractivity contribution in [2.24, 2.45) is 16.5 Å². The minimum absolute atomic E-state index is 0.398. The van der Waals surface area contributed by atoms with Crippen LogP contribution in [0.2, 0.25) is 5.02 Å². The maximum atomic E-state index is 11.5. The van der Waals surface area contributed by atoms with Crippen LogP contribution in [0.4, 0.5) is 4.79 Å². The molecule has 1 saturated carbocycles. The molecule has 124 valence electrons. The Bertz CT molecular complexity index is 778.